The smallest absolute Gasteiger partial charge is 0.306 e. The van der Waals surface area contributed by atoms with Gasteiger partial charge >= 0.3 is 5.97 Å². The molecule has 194 valence electrons. The number of nitrogens with one attached hydrogen (secondary N) is 1. The Balaban J connectivity index is 1.78. The minimum absolute atomic E-state index is 0.194. The third-order valence-electron chi connectivity index (χ3n) is 5.84. The van der Waals surface area contributed by atoms with Crippen molar-refractivity contribution in [2.24, 2.45) is 0 Å². The van der Waals surface area contributed by atoms with E-state index < -0.39 is 0 Å². The summed E-state index contributed by atoms with van der Waals surface area (Å²) in [7, 11) is 1.38. The number of hydrogen-bond acceptors (Lipinski definition) is 6. The van der Waals surface area contributed by atoms with E-state index in [9.17, 15) is 9.59 Å². The van der Waals surface area contributed by atoms with Gasteiger partial charge in [0.15, 0.2) is 0 Å². The maximum atomic E-state index is 13.3. The zero-order chi connectivity index (χ0) is 26.8. The maximum absolute atomic E-state index is 13.3. The standard InChI is InChI=1S/C29H34N4O3S/c1-6-20(3)17-26-25(19-31-33(26)23-13-11-21(4)12-14-23)24(7-2)29(35)30-18-22-9-8-10-27(32-22)37-16-15-28(34)36-5/h7-14,17,19H,6,15-16,18H2,1-5H3,(H,30,35)/b20-17+,24-7+. The second-order valence-electron chi connectivity index (χ2n) is 8.56. The molecule has 1 aromatic carbocycles. The predicted octanol–water partition coefficient (Wildman–Crippen LogP) is 5.76. The number of benzene rings is 1. The monoisotopic (exact) mass is 518 g/mol. The second-order valence-corrected chi connectivity index (χ2v) is 9.68. The van der Waals surface area contributed by atoms with Crippen LogP contribution < -0.4 is 5.32 Å². The fourth-order valence-electron chi connectivity index (χ4n) is 3.58. The Morgan fingerprint density at radius 2 is 1.92 bits per heavy atom. The number of aryl methyl sites for hydroxylation is 1. The lowest BCUT2D eigenvalue weighted by atomic mass is 10.0. The summed E-state index contributed by atoms with van der Waals surface area (Å²) in [5, 5.41) is 8.43. The Kier molecular flexibility index (Phi) is 10.3. The molecule has 0 fully saturated rings. The number of allylic oxidation sites excluding steroid dienone is 2. The molecule has 0 aliphatic rings. The van der Waals surface area contributed by atoms with E-state index in [4.69, 9.17) is 0 Å². The first kappa shape index (κ1) is 27.9. The quantitative estimate of drug-likeness (QED) is 0.197. The number of pyridine rings is 1. The van der Waals surface area contributed by atoms with Crippen LogP contribution in [0.1, 0.15) is 56.1 Å². The van der Waals surface area contributed by atoms with E-state index in [2.05, 4.69) is 52.2 Å². The van der Waals surface area contributed by atoms with Gasteiger partial charge in [-0.2, -0.15) is 5.10 Å². The number of ether oxygens (including phenoxy) is 1. The molecule has 0 atom stereocenters. The first-order valence-electron chi connectivity index (χ1n) is 12.3. The summed E-state index contributed by atoms with van der Waals surface area (Å²) in [6, 6.07) is 13.8. The number of esters is 1. The van der Waals surface area contributed by atoms with Gasteiger partial charge in [-0.1, -0.05) is 42.3 Å². The molecule has 2 aromatic heterocycles. The lowest BCUT2D eigenvalue weighted by Crippen LogP contribution is -2.24. The van der Waals surface area contributed by atoms with Gasteiger partial charge in [0.2, 0.25) is 0 Å². The highest BCUT2D eigenvalue weighted by molar-refractivity contribution is 7.99. The molecule has 0 spiro atoms. The third kappa shape index (κ3) is 7.67. The lowest BCUT2D eigenvalue weighted by molar-refractivity contribution is -0.140. The van der Waals surface area contributed by atoms with Gasteiger partial charge in [-0.05, 0) is 57.5 Å². The molecule has 0 unspecified atom stereocenters. The van der Waals surface area contributed by atoms with E-state index in [0.29, 0.717) is 17.7 Å². The molecule has 8 heteroatoms. The SMILES string of the molecule is C/C=C(/C(=O)NCc1cccc(SCCC(=O)OC)n1)c1cnn(-c2ccc(C)cc2)c1/C=C(\C)CC. The van der Waals surface area contributed by atoms with Crippen molar-refractivity contribution in [3.8, 4) is 5.69 Å². The van der Waals surface area contributed by atoms with Crippen molar-refractivity contribution in [2.75, 3.05) is 12.9 Å². The molecule has 1 N–H and O–H groups in total. The highest BCUT2D eigenvalue weighted by atomic mass is 32.2. The van der Waals surface area contributed by atoms with Crippen molar-refractivity contribution in [2.45, 2.75) is 52.1 Å². The molecule has 2 heterocycles. The number of hydrogen-bond donors (Lipinski definition) is 1. The Hall–Kier alpha value is -3.65. The number of carbonyl (C=O) groups excluding carboxylic acids is 2. The van der Waals surface area contributed by atoms with Gasteiger partial charge in [0.05, 0.1) is 48.4 Å². The Bertz CT molecular complexity index is 1290. The Morgan fingerprint density at radius 1 is 1.16 bits per heavy atom. The molecule has 0 saturated heterocycles. The van der Waals surface area contributed by atoms with Gasteiger partial charge in [-0.3, -0.25) is 9.59 Å². The zero-order valence-corrected chi connectivity index (χ0v) is 22.9. The number of rotatable bonds is 11. The predicted molar refractivity (Wildman–Crippen MR) is 149 cm³/mol. The fraction of sp³-hybridized carbons (Fsp3) is 0.310. The number of nitrogens with zero attached hydrogens (tertiary/aromatic N) is 3. The fourth-order valence-corrected chi connectivity index (χ4v) is 4.42. The number of carbonyl (C=O) groups is 2. The molecular formula is C29H34N4O3S. The molecule has 0 aliphatic carbocycles. The maximum Gasteiger partial charge on any atom is 0.306 e. The molecular weight excluding hydrogens is 484 g/mol. The largest absolute Gasteiger partial charge is 0.469 e. The third-order valence-corrected chi connectivity index (χ3v) is 6.78. The van der Waals surface area contributed by atoms with Gasteiger partial charge < -0.3 is 10.1 Å². The highest BCUT2D eigenvalue weighted by Gasteiger charge is 2.19. The topological polar surface area (TPSA) is 86.1 Å². The summed E-state index contributed by atoms with van der Waals surface area (Å²) in [6.45, 7) is 8.37. The van der Waals surface area contributed by atoms with Crippen molar-refractivity contribution in [3.05, 3.63) is 82.8 Å². The van der Waals surface area contributed by atoms with Crippen molar-refractivity contribution >= 4 is 35.3 Å². The van der Waals surface area contributed by atoms with Gasteiger partial charge in [-0.25, -0.2) is 9.67 Å². The summed E-state index contributed by atoms with van der Waals surface area (Å²) in [5.41, 5.74) is 6.24. The van der Waals surface area contributed by atoms with E-state index in [1.54, 1.807) is 6.20 Å². The molecule has 37 heavy (non-hydrogen) atoms. The van der Waals surface area contributed by atoms with Crippen molar-refractivity contribution in [1.82, 2.24) is 20.1 Å². The molecule has 0 aliphatic heterocycles. The molecule has 7 nitrogen and oxygen atoms in total. The van der Waals surface area contributed by atoms with Crippen LogP contribution in [-0.2, 0) is 20.9 Å². The second kappa shape index (κ2) is 13.6. The van der Waals surface area contributed by atoms with Crippen LogP contribution in [0.25, 0.3) is 17.3 Å². The van der Waals surface area contributed by atoms with Crippen LogP contribution in [0.5, 0.6) is 0 Å². The van der Waals surface area contributed by atoms with E-state index in [0.717, 1.165) is 34.1 Å². The number of methoxy groups -OCH3 is 1. The summed E-state index contributed by atoms with van der Waals surface area (Å²) in [5.74, 6) is 0.139. The number of aromatic nitrogens is 3. The lowest BCUT2D eigenvalue weighted by Gasteiger charge is -2.11. The molecule has 3 rings (SSSR count). The normalized spacial score (nSPS) is 11.9. The van der Waals surface area contributed by atoms with Gasteiger partial charge in [0, 0.05) is 16.9 Å². The van der Waals surface area contributed by atoms with Gasteiger partial charge in [0.1, 0.15) is 0 Å². The molecule has 0 saturated carbocycles. The van der Waals surface area contributed by atoms with Crippen LogP contribution in [-0.4, -0.2) is 39.5 Å². The van der Waals surface area contributed by atoms with E-state index in [1.165, 1.54) is 30.0 Å². The van der Waals surface area contributed by atoms with Gasteiger partial charge in [-0.15, -0.1) is 11.8 Å². The molecule has 0 radical (unpaired) electrons. The van der Waals surface area contributed by atoms with Crippen molar-refractivity contribution < 1.29 is 14.3 Å². The average molecular weight is 519 g/mol. The highest BCUT2D eigenvalue weighted by Crippen LogP contribution is 2.26. The van der Waals surface area contributed by atoms with Crippen LogP contribution >= 0.6 is 11.8 Å². The molecule has 1 amide bonds. The van der Waals surface area contributed by atoms with Crippen LogP contribution in [0.4, 0.5) is 0 Å². The van der Waals surface area contributed by atoms with Gasteiger partial charge in [0.25, 0.3) is 5.91 Å². The van der Waals surface area contributed by atoms with Crippen molar-refractivity contribution in [3.63, 3.8) is 0 Å². The average Bonchev–Trinajstić information content (AvgIpc) is 3.31. The molecule has 0 bridgehead atoms. The summed E-state index contributed by atoms with van der Waals surface area (Å²) < 4.78 is 6.55. The summed E-state index contributed by atoms with van der Waals surface area (Å²) >= 11 is 1.48. The number of amides is 1. The van der Waals surface area contributed by atoms with E-state index in [-0.39, 0.29) is 18.4 Å². The van der Waals surface area contributed by atoms with Crippen molar-refractivity contribution in [1.29, 1.82) is 0 Å². The Labute approximate surface area is 223 Å². The number of thioether (sulfide) groups is 1. The van der Waals surface area contributed by atoms with E-state index >= 15 is 0 Å². The Morgan fingerprint density at radius 3 is 2.59 bits per heavy atom. The zero-order valence-electron chi connectivity index (χ0n) is 22.1. The first-order valence-corrected chi connectivity index (χ1v) is 13.3. The molecule has 3 aromatic rings. The van der Waals surface area contributed by atoms with Crippen LogP contribution in [0.15, 0.2) is 65.3 Å². The van der Waals surface area contributed by atoms with Crippen LogP contribution in [0, 0.1) is 6.92 Å². The van der Waals surface area contributed by atoms with E-state index in [1.807, 2.05) is 54.9 Å². The van der Waals surface area contributed by atoms with Crippen LogP contribution in [0.2, 0.25) is 0 Å². The summed E-state index contributed by atoms with van der Waals surface area (Å²) in [6.07, 6.45) is 6.88. The minimum atomic E-state index is -0.246. The first-order chi connectivity index (χ1) is 17.9. The van der Waals surface area contributed by atoms with Crippen LogP contribution in [0.3, 0.4) is 0 Å². The minimum Gasteiger partial charge on any atom is -0.469 e. The summed E-state index contributed by atoms with van der Waals surface area (Å²) in [4.78, 5) is 29.2.